The number of rotatable bonds is 8. The van der Waals surface area contributed by atoms with Gasteiger partial charge in [0.2, 0.25) is 11.5 Å². The highest BCUT2D eigenvalue weighted by atomic mass is 16.2. The zero-order valence-corrected chi connectivity index (χ0v) is 21.2. The van der Waals surface area contributed by atoms with E-state index in [2.05, 4.69) is 20.7 Å². The Balaban J connectivity index is 1.48. The lowest BCUT2D eigenvalue weighted by atomic mass is 9.84. The minimum absolute atomic E-state index is 0.173. The first-order valence-electron chi connectivity index (χ1n) is 12.5. The van der Waals surface area contributed by atoms with Crippen LogP contribution in [0.1, 0.15) is 27.5 Å². The number of carbonyl (C=O) groups is 2. The molecule has 39 heavy (non-hydrogen) atoms. The number of nitrogens with one attached hydrogen (secondary N) is 3. The summed E-state index contributed by atoms with van der Waals surface area (Å²) in [6.07, 6.45) is 3.18. The van der Waals surface area contributed by atoms with Gasteiger partial charge in [-0.15, -0.1) is 0 Å². The van der Waals surface area contributed by atoms with Crippen LogP contribution in [-0.4, -0.2) is 32.6 Å². The first kappa shape index (κ1) is 25.4. The van der Waals surface area contributed by atoms with Gasteiger partial charge >= 0.3 is 0 Å². The van der Waals surface area contributed by atoms with Crippen molar-refractivity contribution in [3.63, 3.8) is 0 Å². The number of amides is 2. The van der Waals surface area contributed by atoms with Crippen molar-refractivity contribution in [1.82, 2.24) is 20.1 Å². The lowest BCUT2D eigenvalue weighted by Crippen LogP contribution is -2.48. The minimum Gasteiger partial charge on any atom is -0.338 e. The molecule has 5 aromatic rings. The number of H-pyrrole nitrogens is 1. The minimum atomic E-state index is -0.934. The molecule has 3 N–H and O–H groups in total. The highest BCUT2D eigenvalue weighted by Gasteiger charge is 2.33. The zero-order valence-electron chi connectivity index (χ0n) is 21.2. The number of benzene rings is 3. The van der Waals surface area contributed by atoms with Gasteiger partial charge in [0.1, 0.15) is 11.7 Å². The summed E-state index contributed by atoms with van der Waals surface area (Å²) in [5, 5.41) is 10.0. The number of nitrogens with zero attached hydrogens (tertiary/aromatic N) is 2. The van der Waals surface area contributed by atoms with Gasteiger partial charge in [-0.1, -0.05) is 72.8 Å². The second-order valence-corrected chi connectivity index (χ2v) is 9.10. The first-order valence-corrected chi connectivity index (χ1v) is 12.5. The number of hydrogen-bond donors (Lipinski definition) is 3. The summed E-state index contributed by atoms with van der Waals surface area (Å²) in [7, 11) is 1.68. The van der Waals surface area contributed by atoms with E-state index in [0.29, 0.717) is 11.4 Å². The summed E-state index contributed by atoms with van der Waals surface area (Å²) < 4.78 is 1.47. The van der Waals surface area contributed by atoms with Crippen LogP contribution in [0.2, 0.25) is 0 Å². The molecule has 2 aromatic heterocycles. The molecule has 8 heteroatoms. The summed E-state index contributed by atoms with van der Waals surface area (Å²) in [4.78, 5) is 41.3. The van der Waals surface area contributed by atoms with Crippen molar-refractivity contribution in [1.29, 1.82) is 0 Å². The highest BCUT2D eigenvalue weighted by Crippen LogP contribution is 2.29. The second-order valence-electron chi connectivity index (χ2n) is 9.10. The van der Waals surface area contributed by atoms with E-state index in [1.807, 2.05) is 72.8 Å². The molecule has 5 rings (SSSR count). The maximum absolute atomic E-state index is 13.9. The molecule has 1 unspecified atom stereocenters. The van der Waals surface area contributed by atoms with Crippen LogP contribution < -0.4 is 16.2 Å². The fourth-order valence-corrected chi connectivity index (χ4v) is 4.57. The average Bonchev–Trinajstić information content (AvgIpc) is 3.40. The Morgan fingerprint density at radius 1 is 0.795 bits per heavy atom. The number of anilines is 1. The van der Waals surface area contributed by atoms with Crippen molar-refractivity contribution >= 4 is 17.5 Å². The molecule has 0 aliphatic rings. The molecule has 0 aliphatic carbocycles. The third-order valence-electron chi connectivity index (χ3n) is 6.54. The summed E-state index contributed by atoms with van der Waals surface area (Å²) in [5.41, 5.74) is 4.27. The molecule has 0 spiro atoms. The van der Waals surface area contributed by atoms with E-state index in [9.17, 15) is 14.4 Å². The van der Waals surface area contributed by atoms with Gasteiger partial charge in [0, 0.05) is 37.1 Å². The maximum atomic E-state index is 13.9. The van der Waals surface area contributed by atoms with Crippen molar-refractivity contribution in [2.24, 2.45) is 7.05 Å². The van der Waals surface area contributed by atoms with Gasteiger partial charge in [-0.3, -0.25) is 19.1 Å². The van der Waals surface area contributed by atoms with Crippen molar-refractivity contribution in [3.05, 3.63) is 143 Å². The molecular weight excluding hydrogens is 490 g/mol. The Bertz CT molecular complexity index is 1570. The summed E-state index contributed by atoms with van der Waals surface area (Å²) >= 11 is 0. The van der Waals surface area contributed by atoms with Gasteiger partial charge in [0.15, 0.2) is 0 Å². The quantitative estimate of drug-likeness (QED) is 0.284. The largest absolute Gasteiger partial charge is 0.338 e. The van der Waals surface area contributed by atoms with Gasteiger partial charge in [0.05, 0.1) is 0 Å². The Labute approximate surface area is 225 Å². The van der Waals surface area contributed by atoms with Gasteiger partial charge < -0.3 is 15.6 Å². The third-order valence-corrected chi connectivity index (χ3v) is 6.54. The Kier molecular flexibility index (Phi) is 7.45. The maximum Gasteiger partial charge on any atom is 0.270 e. The van der Waals surface area contributed by atoms with Crippen LogP contribution in [-0.2, 0) is 11.8 Å². The van der Waals surface area contributed by atoms with Crippen LogP contribution in [0.4, 0.5) is 5.69 Å². The van der Waals surface area contributed by atoms with Crippen LogP contribution in [0.3, 0.4) is 0 Å². The number of carbonyl (C=O) groups excluding carboxylic acids is 2. The molecule has 3 aromatic carbocycles. The van der Waals surface area contributed by atoms with Crippen LogP contribution in [0.25, 0.3) is 11.1 Å². The fraction of sp³-hybridized carbons (Fsp3) is 0.0968. The van der Waals surface area contributed by atoms with E-state index in [-0.39, 0.29) is 11.5 Å². The van der Waals surface area contributed by atoms with Gasteiger partial charge in [-0.05, 0) is 46.5 Å². The molecular formula is C31H27N5O3. The van der Waals surface area contributed by atoms with Crippen LogP contribution >= 0.6 is 0 Å². The lowest BCUT2D eigenvalue weighted by molar-refractivity contribution is -0.118. The molecule has 194 valence electrons. The Hall–Kier alpha value is -5.24. The summed E-state index contributed by atoms with van der Waals surface area (Å²) in [5.74, 6) is -1.22. The SMILES string of the molecule is Cn1nccc1C(=O)NC(C(=O)Nc1ccc(-c2ccc(=O)[nH]c2)cc1)C(c1ccccc1)c1ccccc1. The molecule has 2 heterocycles. The standard InChI is InChI=1S/C31H27N5O3/c1-36-26(18-19-33-36)30(38)35-29(28(22-8-4-2-5-9-22)23-10-6-3-7-11-23)31(39)34-25-15-12-21(13-16-25)24-14-17-27(37)32-20-24/h2-20,28-29H,1H3,(H,32,37)(H,34,39)(H,35,38). The molecule has 0 fully saturated rings. The van der Waals surface area contributed by atoms with E-state index in [1.54, 1.807) is 43.7 Å². The van der Waals surface area contributed by atoms with Crippen LogP contribution in [0, 0.1) is 0 Å². The molecule has 1 atom stereocenters. The molecule has 0 radical (unpaired) electrons. The molecule has 0 aliphatic heterocycles. The van der Waals surface area contributed by atoms with Crippen molar-refractivity contribution < 1.29 is 9.59 Å². The normalized spacial score (nSPS) is 11.6. The Morgan fingerprint density at radius 3 is 1.95 bits per heavy atom. The number of aromatic amines is 1. The Morgan fingerprint density at radius 2 is 1.41 bits per heavy atom. The molecule has 8 nitrogen and oxygen atoms in total. The van der Waals surface area contributed by atoms with E-state index in [1.165, 1.54) is 10.7 Å². The number of aromatic nitrogens is 3. The van der Waals surface area contributed by atoms with E-state index < -0.39 is 17.9 Å². The third kappa shape index (κ3) is 5.86. The van der Waals surface area contributed by atoms with Gasteiger partial charge in [0.25, 0.3) is 5.91 Å². The molecule has 2 amide bonds. The monoisotopic (exact) mass is 517 g/mol. The summed E-state index contributed by atoms with van der Waals surface area (Å²) in [6, 6.07) is 30.5. The average molecular weight is 518 g/mol. The zero-order chi connectivity index (χ0) is 27.2. The molecule has 0 saturated heterocycles. The number of pyridine rings is 1. The summed E-state index contributed by atoms with van der Waals surface area (Å²) in [6.45, 7) is 0. The predicted molar refractivity (Wildman–Crippen MR) is 150 cm³/mol. The number of aryl methyl sites for hydroxylation is 1. The first-order chi connectivity index (χ1) is 19.0. The van der Waals surface area contributed by atoms with Crippen LogP contribution in [0.5, 0.6) is 0 Å². The van der Waals surface area contributed by atoms with Gasteiger partial charge in [-0.2, -0.15) is 5.10 Å². The highest BCUT2D eigenvalue weighted by molar-refractivity contribution is 6.01. The van der Waals surface area contributed by atoms with Crippen molar-refractivity contribution in [2.45, 2.75) is 12.0 Å². The molecule has 0 saturated carbocycles. The lowest BCUT2D eigenvalue weighted by Gasteiger charge is -2.28. The van der Waals surface area contributed by atoms with E-state index in [0.717, 1.165) is 22.3 Å². The van der Waals surface area contributed by atoms with Gasteiger partial charge in [-0.25, -0.2) is 0 Å². The van der Waals surface area contributed by atoms with E-state index in [4.69, 9.17) is 0 Å². The fourth-order valence-electron chi connectivity index (χ4n) is 4.57. The predicted octanol–water partition coefficient (Wildman–Crippen LogP) is 4.34. The van der Waals surface area contributed by atoms with Crippen molar-refractivity contribution in [2.75, 3.05) is 5.32 Å². The topological polar surface area (TPSA) is 109 Å². The smallest absolute Gasteiger partial charge is 0.270 e. The van der Waals surface area contributed by atoms with Crippen molar-refractivity contribution in [3.8, 4) is 11.1 Å². The van der Waals surface area contributed by atoms with E-state index >= 15 is 0 Å². The van der Waals surface area contributed by atoms with Crippen LogP contribution in [0.15, 0.2) is 120 Å². The second kappa shape index (κ2) is 11.4. The molecule has 0 bridgehead atoms. The number of hydrogen-bond acceptors (Lipinski definition) is 4.